The van der Waals surface area contributed by atoms with Crippen molar-refractivity contribution in [3.05, 3.63) is 42.0 Å². The third-order valence-corrected chi connectivity index (χ3v) is 5.74. The number of pyridine rings is 1. The van der Waals surface area contributed by atoms with Gasteiger partial charge in [0.25, 0.3) is 0 Å². The van der Waals surface area contributed by atoms with Crippen LogP contribution in [0.2, 0.25) is 0 Å². The van der Waals surface area contributed by atoms with Crippen molar-refractivity contribution in [1.82, 2.24) is 24.4 Å². The summed E-state index contributed by atoms with van der Waals surface area (Å²) in [5.74, 6) is 4.85. The van der Waals surface area contributed by atoms with Crippen molar-refractivity contribution >= 4 is 16.9 Å². The molecule has 3 aromatic rings. The van der Waals surface area contributed by atoms with Gasteiger partial charge in [0.2, 0.25) is 5.95 Å². The van der Waals surface area contributed by atoms with Crippen molar-refractivity contribution in [2.24, 2.45) is 0 Å². The largest absolute Gasteiger partial charge is 0.390 e. The summed E-state index contributed by atoms with van der Waals surface area (Å²) in [6, 6.07) is 3.13. The zero-order chi connectivity index (χ0) is 29.5. The summed E-state index contributed by atoms with van der Waals surface area (Å²) in [6.45, 7) is -5.69. The van der Waals surface area contributed by atoms with E-state index < -0.39 is 31.9 Å². The first-order valence-electron chi connectivity index (χ1n) is 13.6. The standard InChI is InChI=1S/C24H27F3N6O/c1-23(2,34)7-3-17-13-20-18(14-30-17)19(15-33(20)21-4-9-29-22(28)31-21)16-5-10-32(11-6-16)12-8-24(25,26)27/h4,9,13-16,34H,5-6,8,10-12H2,1-2H3,(H2,28,29,31)/i1D3,2D3. The highest BCUT2D eigenvalue weighted by molar-refractivity contribution is 5.86. The van der Waals surface area contributed by atoms with Crippen LogP contribution in [0.5, 0.6) is 0 Å². The third kappa shape index (κ3) is 5.85. The quantitative estimate of drug-likeness (QED) is 0.556. The van der Waals surface area contributed by atoms with Gasteiger partial charge in [-0.2, -0.15) is 18.2 Å². The highest BCUT2D eigenvalue weighted by atomic mass is 19.4. The Morgan fingerprint density at radius 1 is 1.26 bits per heavy atom. The van der Waals surface area contributed by atoms with Crippen LogP contribution in [0.3, 0.4) is 0 Å². The third-order valence-electron chi connectivity index (χ3n) is 5.74. The van der Waals surface area contributed by atoms with Crippen molar-refractivity contribution in [3.63, 3.8) is 0 Å². The number of rotatable bonds is 4. The average Bonchev–Trinajstić information content (AvgIpc) is 3.23. The number of hydrogen-bond donors (Lipinski definition) is 2. The summed E-state index contributed by atoms with van der Waals surface area (Å²) in [5.41, 5.74) is 3.96. The van der Waals surface area contributed by atoms with Gasteiger partial charge in [0.1, 0.15) is 17.1 Å². The van der Waals surface area contributed by atoms with Gasteiger partial charge in [-0.05, 0) is 69.2 Å². The van der Waals surface area contributed by atoms with E-state index in [-0.39, 0.29) is 24.1 Å². The van der Waals surface area contributed by atoms with Gasteiger partial charge < -0.3 is 20.3 Å². The topological polar surface area (TPSA) is 93.1 Å². The van der Waals surface area contributed by atoms with Crippen LogP contribution in [0.15, 0.2) is 30.7 Å². The molecule has 0 radical (unpaired) electrons. The number of nitrogens with zero attached hydrogens (tertiary/aromatic N) is 5. The highest BCUT2D eigenvalue weighted by Gasteiger charge is 2.30. The van der Waals surface area contributed by atoms with Gasteiger partial charge >= 0.3 is 6.18 Å². The van der Waals surface area contributed by atoms with E-state index in [1.165, 1.54) is 18.5 Å². The van der Waals surface area contributed by atoms with Crippen molar-refractivity contribution < 1.29 is 26.5 Å². The fourth-order valence-electron chi connectivity index (χ4n) is 4.13. The average molecular weight is 479 g/mol. The fraction of sp³-hybridized carbons (Fsp3) is 0.458. The first kappa shape index (κ1) is 17.3. The Labute approximate surface area is 204 Å². The Morgan fingerprint density at radius 3 is 2.71 bits per heavy atom. The minimum absolute atomic E-state index is 0.00863. The van der Waals surface area contributed by atoms with Crippen LogP contribution in [0.1, 0.15) is 58.4 Å². The molecule has 4 heterocycles. The summed E-state index contributed by atoms with van der Waals surface area (Å²) >= 11 is 0. The van der Waals surface area contributed by atoms with Crippen molar-refractivity contribution in [2.45, 2.75) is 50.7 Å². The molecule has 0 spiro atoms. The monoisotopic (exact) mass is 478 g/mol. The van der Waals surface area contributed by atoms with Crippen LogP contribution in [-0.2, 0) is 0 Å². The molecular weight excluding hydrogens is 445 g/mol. The second-order valence-corrected chi connectivity index (χ2v) is 8.26. The lowest BCUT2D eigenvalue weighted by Crippen LogP contribution is -2.35. The van der Waals surface area contributed by atoms with E-state index in [4.69, 9.17) is 14.0 Å². The van der Waals surface area contributed by atoms with E-state index in [1.54, 1.807) is 15.5 Å². The molecule has 10 heteroatoms. The first-order chi connectivity index (χ1) is 18.5. The van der Waals surface area contributed by atoms with Gasteiger partial charge in [0.05, 0.1) is 11.9 Å². The van der Waals surface area contributed by atoms with Gasteiger partial charge in [-0.3, -0.25) is 0 Å². The van der Waals surface area contributed by atoms with Gasteiger partial charge in [-0.15, -0.1) is 0 Å². The number of nitrogen functional groups attached to an aromatic ring is 1. The van der Waals surface area contributed by atoms with Gasteiger partial charge in [-0.25, -0.2) is 9.97 Å². The van der Waals surface area contributed by atoms with Gasteiger partial charge in [-0.1, -0.05) is 5.92 Å². The molecule has 34 heavy (non-hydrogen) atoms. The number of alkyl halides is 3. The van der Waals surface area contributed by atoms with E-state index >= 15 is 0 Å². The summed E-state index contributed by atoms with van der Waals surface area (Å²) in [5, 5.41) is 11.2. The number of hydrogen-bond acceptors (Lipinski definition) is 6. The Kier molecular flexibility index (Phi) is 4.70. The number of aliphatic hydroxyl groups is 1. The van der Waals surface area contributed by atoms with Crippen LogP contribution in [0.25, 0.3) is 16.7 Å². The molecule has 0 aromatic carbocycles. The van der Waals surface area contributed by atoms with Crippen molar-refractivity contribution in [2.75, 3.05) is 25.4 Å². The first-order valence-corrected chi connectivity index (χ1v) is 10.6. The number of nitrogens with two attached hydrogens (primary N) is 1. The zero-order valence-corrected chi connectivity index (χ0v) is 18.1. The fourth-order valence-corrected chi connectivity index (χ4v) is 4.13. The Hall–Kier alpha value is -3.16. The van der Waals surface area contributed by atoms with Crippen LogP contribution in [-0.4, -0.2) is 60.9 Å². The number of anilines is 1. The molecule has 0 bridgehead atoms. The highest BCUT2D eigenvalue weighted by Crippen LogP contribution is 2.36. The summed E-state index contributed by atoms with van der Waals surface area (Å²) in [4.78, 5) is 14.2. The molecule has 0 unspecified atom stereocenters. The Morgan fingerprint density at radius 2 is 2.03 bits per heavy atom. The second-order valence-electron chi connectivity index (χ2n) is 8.26. The van der Waals surface area contributed by atoms with Gasteiger partial charge in [0.15, 0.2) is 0 Å². The lowest BCUT2D eigenvalue weighted by Gasteiger charge is -2.32. The normalized spacial score (nSPS) is 19.3. The summed E-state index contributed by atoms with van der Waals surface area (Å²) < 4.78 is 84.7. The summed E-state index contributed by atoms with van der Waals surface area (Å²) in [6.07, 6.45) is 0.982. The molecule has 0 saturated carbocycles. The molecule has 0 atom stereocenters. The molecule has 3 aromatic heterocycles. The maximum atomic E-state index is 12.7. The van der Waals surface area contributed by atoms with Crippen LogP contribution in [0.4, 0.5) is 19.1 Å². The number of fused-ring (bicyclic) bond motifs is 1. The van der Waals surface area contributed by atoms with Gasteiger partial charge in [0, 0.05) is 38.7 Å². The maximum Gasteiger partial charge on any atom is 0.390 e. The van der Waals surface area contributed by atoms with E-state index in [1.807, 2.05) is 12.1 Å². The molecule has 3 N–H and O–H groups in total. The van der Waals surface area contributed by atoms with E-state index in [2.05, 4.69) is 20.9 Å². The van der Waals surface area contributed by atoms with Crippen molar-refractivity contribution in [3.8, 4) is 17.7 Å². The minimum Gasteiger partial charge on any atom is -0.378 e. The minimum atomic E-state index is -4.21. The molecule has 180 valence electrons. The molecule has 7 nitrogen and oxygen atoms in total. The SMILES string of the molecule is [2H]C([2H])([2H])C(O)(C#Cc1cc2c(cn1)c(C1CCN(CCC(F)(F)F)CC1)cn2-c1ccnc(N)n1)C([2H])([2H])[2H]. The Balaban J connectivity index is 1.72. The maximum absolute atomic E-state index is 12.7. The number of halogens is 3. The van der Waals surface area contributed by atoms with E-state index in [9.17, 15) is 18.3 Å². The Bertz CT molecular complexity index is 1420. The molecular formula is C24H27F3N6O. The molecule has 1 fully saturated rings. The molecule has 1 saturated heterocycles. The smallest absolute Gasteiger partial charge is 0.378 e. The second kappa shape index (κ2) is 9.24. The molecule has 4 rings (SSSR count). The van der Waals surface area contributed by atoms with Crippen molar-refractivity contribution in [1.29, 1.82) is 0 Å². The molecule has 1 aliphatic rings. The van der Waals surface area contributed by atoms with Crippen LogP contribution in [0, 0.1) is 11.8 Å². The number of piperidine rings is 1. The lowest BCUT2D eigenvalue weighted by molar-refractivity contribution is -0.138. The molecule has 0 aliphatic carbocycles. The number of likely N-dealkylation sites (tertiary alicyclic amines) is 1. The zero-order valence-electron chi connectivity index (χ0n) is 24.1. The molecule has 1 aliphatic heterocycles. The van der Waals surface area contributed by atoms with E-state index in [0.29, 0.717) is 42.7 Å². The van der Waals surface area contributed by atoms with Crippen LogP contribution < -0.4 is 5.73 Å². The molecule has 0 amide bonds. The predicted molar refractivity (Wildman–Crippen MR) is 123 cm³/mol. The summed E-state index contributed by atoms with van der Waals surface area (Å²) in [7, 11) is 0. The predicted octanol–water partition coefficient (Wildman–Crippen LogP) is 3.65. The number of aromatic nitrogens is 4. The van der Waals surface area contributed by atoms with Crippen LogP contribution >= 0.6 is 0 Å². The van der Waals surface area contributed by atoms with E-state index in [0.717, 1.165) is 5.56 Å². The lowest BCUT2D eigenvalue weighted by atomic mass is 9.89.